The molecule has 1 aromatic heterocycles. The molecular weight excluding hydrogens is 175 g/mol. The van der Waals surface area contributed by atoms with E-state index in [4.69, 9.17) is 9.52 Å². The Hall–Kier alpha value is -1.84. The number of rotatable bonds is 1. The summed E-state index contributed by atoms with van der Waals surface area (Å²) in [5.74, 6) is -2.03. The number of furan rings is 1. The minimum Gasteiger partial charge on any atom is -0.478 e. The Morgan fingerprint density at radius 2 is 2.15 bits per heavy atom. The van der Waals surface area contributed by atoms with Crippen molar-refractivity contribution < 1.29 is 18.7 Å². The largest absolute Gasteiger partial charge is 0.478 e. The lowest BCUT2D eigenvalue weighted by molar-refractivity contribution is 0.0692. The zero-order valence-electron chi connectivity index (χ0n) is 6.45. The Morgan fingerprint density at radius 3 is 2.85 bits per heavy atom. The molecule has 0 bridgehead atoms. The second kappa shape index (κ2) is 2.58. The fourth-order valence-corrected chi connectivity index (χ4v) is 1.17. The van der Waals surface area contributed by atoms with Crippen LogP contribution < -0.4 is 0 Å². The quantitative estimate of drug-likeness (QED) is 0.732. The molecule has 0 saturated carbocycles. The molecule has 2 rings (SSSR count). The van der Waals surface area contributed by atoms with E-state index in [-0.39, 0.29) is 10.9 Å². The summed E-state index contributed by atoms with van der Waals surface area (Å²) in [5.41, 5.74) is 0.0106. The Kier molecular flexibility index (Phi) is 1.55. The smallest absolute Gasteiger partial charge is 0.338 e. The van der Waals surface area contributed by atoms with Crippen molar-refractivity contribution in [1.29, 1.82) is 0 Å². The average molecular weight is 180 g/mol. The number of fused-ring (bicyclic) bond motifs is 1. The average Bonchev–Trinajstić information content (AvgIpc) is 2.52. The van der Waals surface area contributed by atoms with E-state index in [0.29, 0.717) is 5.58 Å². The van der Waals surface area contributed by atoms with Crippen molar-refractivity contribution in [2.24, 2.45) is 0 Å². The Balaban J connectivity index is 2.80. The second-order valence-electron chi connectivity index (χ2n) is 2.56. The summed E-state index contributed by atoms with van der Waals surface area (Å²) < 4.78 is 18.2. The molecule has 0 aliphatic heterocycles. The molecule has 0 aliphatic carbocycles. The Labute approximate surface area is 72.4 Å². The van der Waals surface area contributed by atoms with E-state index in [1.165, 1.54) is 24.5 Å². The fourth-order valence-electron chi connectivity index (χ4n) is 1.17. The third-order valence-corrected chi connectivity index (χ3v) is 1.80. The highest BCUT2D eigenvalue weighted by Crippen LogP contribution is 2.21. The molecule has 0 fully saturated rings. The van der Waals surface area contributed by atoms with E-state index >= 15 is 0 Å². The highest BCUT2D eigenvalue weighted by Gasteiger charge is 2.13. The van der Waals surface area contributed by atoms with Crippen molar-refractivity contribution in [2.45, 2.75) is 0 Å². The third kappa shape index (κ3) is 1.07. The van der Waals surface area contributed by atoms with Gasteiger partial charge in [0.25, 0.3) is 0 Å². The van der Waals surface area contributed by atoms with Crippen LogP contribution in [-0.4, -0.2) is 11.1 Å². The fraction of sp³-hybridized carbons (Fsp3) is 0. The van der Waals surface area contributed by atoms with Gasteiger partial charge in [-0.3, -0.25) is 0 Å². The summed E-state index contributed by atoms with van der Waals surface area (Å²) in [5, 5.41) is 8.79. The van der Waals surface area contributed by atoms with Gasteiger partial charge in [-0.2, -0.15) is 0 Å². The first kappa shape index (κ1) is 7.79. The number of carbonyl (C=O) groups is 1. The first-order valence-corrected chi connectivity index (χ1v) is 3.59. The normalized spacial score (nSPS) is 10.5. The van der Waals surface area contributed by atoms with Gasteiger partial charge in [0.15, 0.2) is 0 Å². The van der Waals surface area contributed by atoms with Crippen LogP contribution in [0.15, 0.2) is 28.9 Å². The SMILES string of the molecule is O=C(O)c1ccc2occc2c1F. The summed E-state index contributed by atoms with van der Waals surface area (Å²) in [4.78, 5) is 10.5. The number of benzene rings is 1. The summed E-state index contributed by atoms with van der Waals surface area (Å²) in [6, 6.07) is 4.02. The second-order valence-corrected chi connectivity index (χ2v) is 2.56. The number of aromatic carboxylic acids is 1. The lowest BCUT2D eigenvalue weighted by Gasteiger charge is -1.96. The van der Waals surface area contributed by atoms with Crippen molar-refractivity contribution in [1.82, 2.24) is 0 Å². The summed E-state index contributed by atoms with van der Waals surface area (Å²) in [6.07, 6.45) is 1.32. The third-order valence-electron chi connectivity index (χ3n) is 1.80. The molecule has 0 saturated heterocycles. The minimum atomic E-state index is -1.28. The highest BCUT2D eigenvalue weighted by atomic mass is 19.1. The topological polar surface area (TPSA) is 50.4 Å². The number of hydrogen-bond acceptors (Lipinski definition) is 2. The number of carboxylic acids is 1. The first-order chi connectivity index (χ1) is 6.20. The molecule has 0 unspecified atom stereocenters. The van der Waals surface area contributed by atoms with E-state index in [0.717, 1.165) is 0 Å². The number of hydrogen-bond donors (Lipinski definition) is 1. The molecule has 13 heavy (non-hydrogen) atoms. The predicted molar refractivity (Wildman–Crippen MR) is 43.1 cm³/mol. The van der Waals surface area contributed by atoms with E-state index < -0.39 is 11.8 Å². The van der Waals surface area contributed by atoms with Gasteiger partial charge in [-0.1, -0.05) is 0 Å². The number of carboxylic acid groups (broad SMARTS) is 1. The van der Waals surface area contributed by atoms with Crippen LogP contribution in [0.1, 0.15) is 10.4 Å². The molecule has 3 nitrogen and oxygen atoms in total. The van der Waals surface area contributed by atoms with Gasteiger partial charge in [-0.05, 0) is 18.2 Å². The maximum absolute atomic E-state index is 13.3. The molecule has 0 spiro atoms. The van der Waals surface area contributed by atoms with E-state index in [2.05, 4.69) is 0 Å². The van der Waals surface area contributed by atoms with Crippen molar-refractivity contribution in [3.63, 3.8) is 0 Å². The minimum absolute atomic E-state index is 0.194. The van der Waals surface area contributed by atoms with Gasteiger partial charge in [-0.25, -0.2) is 9.18 Å². The maximum Gasteiger partial charge on any atom is 0.338 e. The zero-order chi connectivity index (χ0) is 9.42. The molecule has 0 radical (unpaired) electrons. The highest BCUT2D eigenvalue weighted by molar-refractivity contribution is 5.93. The number of halogens is 1. The van der Waals surface area contributed by atoms with Crippen molar-refractivity contribution in [2.75, 3.05) is 0 Å². The van der Waals surface area contributed by atoms with Gasteiger partial charge in [0.1, 0.15) is 11.4 Å². The van der Waals surface area contributed by atoms with E-state index in [9.17, 15) is 9.18 Å². The molecule has 0 atom stereocenters. The molecule has 1 aromatic carbocycles. The zero-order valence-corrected chi connectivity index (χ0v) is 6.45. The molecule has 1 N–H and O–H groups in total. The monoisotopic (exact) mass is 180 g/mol. The molecule has 0 amide bonds. The van der Waals surface area contributed by atoms with Crippen molar-refractivity contribution in [3.05, 3.63) is 35.8 Å². The van der Waals surface area contributed by atoms with Gasteiger partial charge < -0.3 is 9.52 Å². The summed E-state index contributed by atoms with van der Waals surface area (Å²) in [7, 11) is 0. The van der Waals surface area contributed by atoms with Gasteiger partial charge >= 0.3 is 5.97 Å². The van der Waals surface area contributed by atoms with Crippen molar-refractivity contribution >= 4 is 16.9 Å². The molecule has 2 aromatic rings. The lowest BCUT2D eigenvalue weighted by Crippen LogP contribution is -1.99. The Morgan fingerprint density at radius 1 is 1.38 bits per heavy atom. The molecule has 0 aliphatic rings. The van der Waals surface area contributed by atoms with Crippen LogP contribution in [0.2, 0.25) is 0 Å². The standard InChI is InChI=1S/C9H5FO3/c10-8-5-3-4-13-7(5)2-1-6(8)9(11)12/h1-4H,(H,11,12). The van der Waals surface area contributed by atoms with E-state index in [1.54, 1.807) is 0 Å². The van der Waals surface area contributed by atoms with Gasteiger partial charge in [0.2, 0.25) is 0 Å². The first-order valence-electron chi connectivity index (χ1n) is 3.59. The molecule has 1 heterocycles. The van der Waals surface area contributed by atoms with Crippen LogP contribution in [0.3, 0.4) is 0 Å². The van der Waals surface area contributed by atoms with Crippen LogP contribution in [0.25, 0.3) is 11.0 Å². The maximum atomic E-state index is 13.3. The molecule has 66 valence electrons. The van der Waals surface area contributed by atoms with Crippen LogP contribution in [0.5, 0.6) is 0 Å². The van der Waals surface area contributed by atoms with E-state index in [1.807, 2.05) is 0 Å². The van der Waals surface area contributed by atoms with Crippen LogP contribution in [0.4, 0.5) is 4.39 Å². The van der Waals surface area contributed by atoms with Crippen molar-refractivity contribution in [3.8, 4) is 0 Å². The van der Waals surface area contributed by atoms with Gasteiger partial charge in [-0.15, -0.1) is 0 Å². The molecular formula is C9H5FO3. The molecule has 4 heteroatoms. The van der Waals surface area contributed by atoms with Crippen LogP contribution in [0, 0.1) is 5.82 Å². The van der Waals surface area contributed by atoms with Gasteiger partial charge in [0.05, 0.1) is 17.2 Å². The predicted octanol–water partition coefficient (Wildman–Crippen LogP) is 2.27. The van der Waals surface area contributed by atoms with Gasteiger partial charge in [0, 0.05) is 0 Å². The summed E-state index contributed by atoms with van der Waals surface area (Å²) in [6.45, 7) is 0. The van der Waals surface area contributed by atoms with Crippen LogP contribution in [-0.2, 0) is 0 Å². The van der Waals surface area contributed by atoms with Crippen LogP contribution >= 0.6 is 0 Å². The lowest BCUT2D eigenvalue weighted by atomic mass is 10.1. The summed E-state index contributed by atoms with van der Waals surface area (Å²) >= 11 is 0. The Bertz CT molecular complexity index is 473.